The summed E-state index contributed by atoms with van der Waals surface area (Å²) in [6.07, 6.45) is 0.317. The van der Waals surface area contributed by atoms with E-state index in [1.165, 1.54) is 0 Å². The fourth-order valence-corrected chi connectivity index (χ4v) is 3.66. The smallest absolute Gasteiger partial charge is 0.228 e. The van der Waals surface area contributed by atoms with Crippen molar-refractivity contribution in [2.45, 2.75) is 6.42 Å². The van der Waals surface area contributed by atoms with Crippen LogP contribution < -0.4 is 4.90 Å². The highest BCUT2D eigenvalue weighted by molar-refractivity contribution is 6.30. The number of anilines is 1. The van der Waals surface area contributed by atoms with Crippen LogP contribution in [0, 0.1) is 5.92 Å². The third-order valence-corrected chi connectivity index (χ3v) is 5.13. The molecule has 0 radical (unpaired) electrons. The van der Waals surface area contributed by atoms with Gasteiger partial charge in [-0.25, -0.2) is 0 Å². The third-order valence-electron chi connectivity index (χ3n) is 4.89. The summed E-state index contributed by atoms with van der Waals surface area (Å²) in [6, 6.07) is 7.78. The molecule has 6 nitrogen and oxygen atoms in total. The Hall–Kier alpha value is -1.79. The van der Waals surface area contributed by atoms with Crippen LogP contribution in [0.25, 0.3) is 0 Å². The van der Waals surface area contributed by atoms with Gasteiger partial charge in [-0.1, -0.05) is 17.7 Å². The van der Waals surface area contributed by atoms with Gasteiger partial charge in [0, 0.05) is 63.5 Å². The van der Waals surface area contributed by atoms with E-state index in [2.05, 4.69) is 4.90 Å². The summed E-state index contributed by atoms with van der Waals surface area (Å²) >= 11 is 6.06. The summed E-state index contributed by atoms with van der Waals surface area (Å²) in [5, 5.41) is 0.719. The van der Waals surface area contributed by atoms with Gasteiger partial charge in [0.1, 0.15) is 0 Å². The molecule has 1 aromatic carbocycles. The predicted molar refractivity (Wildman–Crippen MR) is 96.8 cm³/mol. The average molecular weight is 366 g/mol. The summed E-state index contributed by atoms with van der Waals surface area (Å²) < 4.78 is 5.02. The molecule has 0 aliphatic carbocycles. The van der Waals surface area contributed by atoms with Crippen LogP contribution in [-0.4, -0.2) is 74.6 Å². The van der Waals surface area contributed by atoms with Crippen LogP contribution in [0.1, 0.15) is 6.42 Å². The van der Waals surface area contributed by atoms with Crippen molar-refractivity contribution in [1.29, 1.82) is 0 Å². The van der Waals surface area contributed by atoms with E-state index in [9.17, 15) is 9.59 Å². The highest BCUT2D eigenvalue weighted by Gasteiger charge is 2.37. The maximum Gasteiger partial charge on any atom is 0.228 e. The van der Waals surface area contributed by atoms with Crippen LogP contribution in [0.2, 0.25) is 5.02 Å². The number of ether oxygens (including phenoxy) is 1. The van der Waals surface area contributed by atoms with Crippen LogP contribution in [0.15, 0.2) is 24.3 Å². The lowest BCUT2D eigenvalue weighted by Gasteiger charge is -2.37. The molecule has 0 spiro atoms. The Bertz CT molecular complexity index is 632. The summed E-state index contributed by atoms with van der Waals surface area (Å²) in [5.41, 5.74) is 1.08. The minimum Gasteiger partial charge on any atom is -0.383 e. The second kappa shape index (κ2) is 8.06. The Morgan fingerprint density at radius 2 is 2.04 bits per heavy atom. The number of benzene rings is 1. The Balaban J connectivity index is 1.53. The number of methoxy groups -OCH3 is 1. The van der Waals surface area contributed by atoms with Crippen molar-refractivity contribution in [3.8, 4) is 0 Å². The van der Waals surface area contributed by atoms with Crippen molar-refractivity contribution in [3.63, 3.8) is 0 Å². The van der Waals surface area contributed by atoms with Gasteiger partial charge in [-0.15, -0.1) is 0 Å². The number of likely N-dealkylation sites (tertiary alicyclic amines) is 1. The molecule has 0 bridgehead atoms. The van der Waals surface area contributed by atoms with Gasteiger partial charge in [-0.05, 0) is 18.2 Å². The highest BCUT2D eigenvalue weighted by Crippen LogP contribution is 2.23. The van der Waals surface area contributed by atoms with E-state index in [1.54, 1.807) is 12.0 Å². The number of carbonyl (C=O) groups is 2. The molecule has 2 heterocycles. The lowest BCUT2D eigenvalue weighted by molar-refractivity contribution is -0.136. The Morgan fingerprint density at radius 1 is 1.28 bits per heavy atom. The molecule has 1 aromatic rings. The number of carbonyl (C=O) groups excluding carboxylic acids is 2. The minimum atomic E-state index is -0.220. The molecule has 1 unspecified atom stereocenters. The van der Waals surface area contributed by atoms with Crippen LogP contribution >= 0.6 is 11.6 Å². The van der Waals surface area contributed by atoms with E-state index >= 15 is 0 Å². The Morgan fingerprint density at radius 3 is 2.72 bits per heavy atom. The normalized spacial score (nSPS) is 21.1. The van der Waals surface area contributed by atoms with Crippen LogP contribution in [0.4, 0.5) is 5.69 Å². The molecule has 3 rings (SSSR count). The zero-order valence-corrected chi connectivity index (χ0v) is 15.2. The molecule has 2 aliphatic rings. The molecule has 1 atom stereocenters. The van der Waals surface area contributed by atoms with E-state index in [1.807, 2.05) is 29.2 Å². The monoisotopic (exact) mass is 365 g/mol. The average Bonchev–Trinajstić information content (AvgIpc) is 3.00. The van der Waals surface area contributed by atoms with Crippen molar-refractivity contribution in [1.82, 2.24) is 9.80 Å². The van der Waals surface area contributed by atoms with Crippen molar-refractivity contribution in [2.24, 2.45) is 5.92 Å². The van der Waals surface area contributed by atoms with Gasteiger partial charge in [0.2, 0.25) is 11.8 Å². The Kier molecular flexibility index (Phi) is 5.81. The number of rotatable bonds is 5. The molecule has 7 heteroatoms. The number of nitrogens with zero attached hydrogens (tertiary/aromatic N) is 3. The number of halogens is 1. The fourth-order valence-electron chi connectivity index (χ4n) is 3.47. The molecular formula is C18H24ClN3O3. The van der Waals surface area contributed by atoms with Crippen LogP contribution in [0.3, 0.4) is 0 Å². The number of hydrogen-bond acceptors (Lipinski definition) is 4. The van der Waals surface area contributed by atoms with E-state index in [-0.39, 0.29) is 17.7 Å². The molecule has 25 heavy (non-hydrogen) atoms. The molecule has 0 aromatic heterocycles. The zero-order valence-electron chi connectivity index (χ0n) is 14.5. The topological polar surface area (TPSA) is 53.1 Å². The summed E-state index contributed by atoms with van der Waals surface area (Å²) in [7, 11) is 1.61. The first-order valence-electron chi connectivity index (χ1n) is 8.64. The standard InChI is InChI=1S/C18H24ClN3O3/c1-25-10-9-22-13-14(11-17(22)23)18(24)21-7-5-20(6-8-21)16-4-2-3-15(19)12-16/h2-4,12,14H,5-11,13H2,1H3. The van der Waals surface area contributed by atoms with Gasteiger partial charge in [-0.3, -0.25) is 9.59 Å². The van der Waals surface area contributed by atoms with Gasteiger partial charge in [-0.2, -0.15) is 0 Å². The summed E-state index contributed by atoms with van der Waals surface area (Å²) in [4.78, 5) is 30.6. The van der Waals surface area contributed by atoms with Crippen molar-refractivity contribution >= 4 is 29.1 Å². The molecular weight excluding hydrogens is 342 g/mol. The van der Waals surface area contributed by atoms with Crippen LogP contribution in [0.5, 0.6) is 0 Å². The van der Waals surface area contributed by atoms with Gasteiger partial charge in [0.15, 0.2) is 0 Å². The quantitative estimate of drug-likeness (QED) is 0.793. The molecule has 2 fully saturated rings. The maximum absolute atomic E-state index is 12.7. The van der Waals surface area contributed by atoms with E-state index < -0.39 is 0 Å². The first-order valence-corrected chi connectivity index (χ1v) is 9.02. The van der Waals surface area contributed by atoms with E-state index in [0.717, 1.165) is 23.8 Å². The highest BCUT2D eigenvalue weighted by atomic mass is 35.5. The van der Waals surface area contributed by atoms with Gasteiger partial charge in [0.25, 0.3) is 0 Å². The third kappa shape index (κ3) is 4.25. The fraction of sp³-hybridized carbons (Fsp3) is 0.556. The van der Waals surface area contributed by atoms with Crippen LogP contribution in [-0.2, 0) is 14.3 Å². The van der Waals surface area contributed by atoms with Crippen molar-refractivity contribution in [3.05, 3.63) is 29.3 Å². The summed E-state index contributed by atoms with van der Waals surface area (Å²) in [6.45, 7) is 4.48. The molecule has 2 aliphatic heterocycles. The lowest BCUT2D eigenvalue weighted by atomic mass is 10.1. The lowest BCUT2D eigenvalue weighted by Crippen LogP contribution is -2.50. The first kappa shape index (κ1) is 18.0. The molecule has 2 amide bonds. The maximum atomic E-state index is 12.7. The van der Waals surface area contributed by atoms with Gasteiger partial charge in [0.05, 0.1) is 12.5 Å². The number of hydrogen-bond donors (Lipinski definition) is 0. The molecule has 136 valence electrons. The summed E-state index contributed by atoms with van der Waals surface area (Å²) in [5.74, 6) is -0.0750. The SMILES string of the molecule is COCCN1CC(C(=O)N2CCN(c3cccc(Cl)c3)CC2)CC1=O. The predicted octanol–water partition coefficient (Wildman–Crippen LogP) is 1.48. The minimum absolute atomic E-state index is 0.0490. The van der Waals surface area contributed by atoms with E-state index in [0.29, 0.717) is 39.2 Å². The van der Waals surface area contributed by atoms with E-state index in [4.69, 9.17) is 16.3 Å². The molecule has 0 saturated carbocycles. The largest absolute Gasteiger partial charge is 0.383 e. The number of amides is 2. The van der Waals surface area contributed by atoms with Gasteiger partial charge >= 0.3 is 0 Å². The second-order valence-electron chi connectivity index (χ2n) is 6.53. The van der Waals surface area contributed by atoms with Crippen molar-refractivity contribution in [2.75, 3.05) is 57.9 Å². The second-order valence-corrected chi connectivity index (χ2v) is 6.96. The zero-order chi connectivity index (χ0) is 17.8. The van der Waals surface area contributed by atoms with Crippen molar-refractivity contribution < 1.29 is 14.3 Å². The first-order chi connectivity index (χ1) is 12.1. The molecule has 0 N–H and O–H groups in total. The van der Waals surface area contributed by atoms with Gasteiger partial charge < -0.3 is 19.4 Å². The molecule has 2 saturated heterocycles. The number of piperazine rings is 1. The Labute approximate surface area is 153 Å².